The summed E-state index contributed by atoms with van der Waals surface area (Å²) in [5.74, 6) is -6.82. The predicted octanol–water partition coefficient (Wildman–Crippen LogP) is 3.09. The topological polar surface area (TPSA) is 269 Å². The average Bonchev–Trinajstić information content (AvgIpc) is 3.31. The molecule has 0 saturated heterocycles. The Morgan fingerprint density at radius 2 is 1.10 bits per heavy atom. The highest BCUT2D eigenvalue weighted by molar-refractivity contribution is 6.71. The van der Waals surface area contributed by atoms with Crippen molar-refractivity contribution in [2.45, 2.75) is 103 Å². The number of ether oxygens (including phenoxy) is 2. The third-order valence-electron chi connectivity index (χ3n) is 10.6. The molecule has 0 aromatic carbocycles. The number of esters is 2. The lowest BCUT2D eigenvalue weighted by Crippen LogP contribution is -2.40. The van der Waals surface area contributed by atoms with Gasteiger partial charge in [0, 0.05) is 77.8 Å². The van der Waals surface area contributed by atoms with Crippen molar-refractivity contribution < 1.29 is 66.9 Å². The lowest BCUT2D eigenvalue weighted by Gasteiger charge is -2.27. The summed E-state index contributed by atoms with van der Waals surface area (Å²) in [6.07, 6.45) is 2.34. The van der Waals surface area contributed by atoms with Gasteiger partial charge in [-0.2, -0.15) is 0 Å². The van der Waals surface area contributed by atoms with Crippen molar-refractivity contribution in [1.82, 2.24) is 31.1 Å². The summed E-state index contributed by atoms with van der Waals surface area (Å²) in [5, 5.41) is 29.4. The lowest BCUT2D eigenvalue weighted by atomic mass is 9.82. The van der Waals surface area contributed by atoms with Crippen LogP contribution in [0.3, 0.4) is 0 Å². The summed E-state index contributed by atoms with van der Waals surface area (Å²) < 4.78 is 22.1. The monoisotopic (exact) mass is 1020 g/mol. The fourth-order valence-electron chi connectivity index (χ4n) is 6.81. The van der Waals surface area contributed by atoms with E-state index in [4.69, 9.17) is 23.4 Å². The standard InChI is InChI=1S/C43H80N6O14Si2.2C2H4/c1-12-36(52)46-29-62-64(8,9)23-13-17-44-39(55)31(2)25-34(27-35(43(59)61-22-20-51)26-32(3)41(57)48(4)5)40(56)45-18-14-24-65(10,11)63-30-47-37(53)28-33(42(58)49(6)7)15-16-38(54)60-21-19-50;2*1-2/h12,31-35,50-51H,1,13-30H2,2-11H3,(H,44,55)(H,45,56)(H,46,52)(H,47,53);2*1-2H2. The molecule has 0 bridgehead atoms. The minimum atomic E-state index is -2.39. The maximum atomic E-state index is 13.9. The first-order chi connectivity index (χ1) is 32.4. The van der Waals surface area contributed by atoms with Crippen molar-refractivity contribution in [3.05, 3.63) is 39.0 Å². The molecule has 0 rings (SSSR count). The number of aliphatic hydroxyl groups is 2. The normalized spacial score (nSPS) is 13.1. The van der Waals surface area contributed by atoms with Crippen LogP contribution in [0.25, 0.3) is 0 Å². The Kier molecular flexibility index (Phi) is 38.8. The molecule has 0 spiro atoms. The van der Waals surface area contributed by atoms with Gasteiger partial charge in [-0.3, -0.25) is 38.4 Å². The van der Waals surface area contributed by atoms with Crippen LogP contribution < -0.4 is 21.3 Å². The van der Waals surface area contributed by atoms with Crippen LogP contribution in [-0.4, -0.2) is 165 Å². The van der Waals surface area contributed by atoms with Crippen molar-refractivity contribution in [2.75, 3.05) is 81.2 Å². The van der Waals surface area contributed by atoms with Gasteiger partial charge in [0.25, 0.3) is 0 Å². The van der Waals surface area contributed by atoms with Gasteiger partial charge in [0.1, 0.15) is 26.7 Å². The fourth-order valence-corrected chi connectivity index (χ4v) is 10.1. The number of carbonyl (C=O) groups excluding carboxylic acids is 8. The highest BCUT2D eigenvalue weighted by Crippen LogP contribution is 2.28. The molecule has 20 nitrogen and oxygen atoms in total. The van der Waals surface area contributed by atoms with Crippen LogP contribution in [0.1, 0.15) is 65.2 Å². The SMILES string of the molecule is C=C.C=C.C=CC(=O)NCO[Si](C)(C)CCCNC(=O)C(C)CC(CC(CC(C)C(=O)N(C)C)C(=O)OCCO)C(=O)NCCC[Si](C)(C)OCNC(=O)CC(CCC(=O)OCCO)C(=O)N(C)C. The molecule has 69 heavy (non-hydrogen) atoms. The van der Waals surface area contributed by atoms with E-state index in [-0.39, 0.29) is 108 Å². The fraction of sp³-hybridized carbons (Fsp3) is 0.702. The molecule has 0 aliphatic carbocycles. The molecule has 0 radical (unpaired) electrons. The van der Waals surface area contributed by atoms with E-state index in [0.29, 0.717) is 31.5 Å². The van der Waals surface area contributed by atoms with E-state index in [2.05, 4.69) is 54.2 Å². The van der Waals surface area contributed by atoms with Gasteiger partial charge >= 0.3 is 11.9 Å². The van der Waals surface area contributed by atoms with Crippen LogP contribution in [0.2, 0.25) is 38.3 Å². The number of nitrogens with zero attached hydrogens (tertiary/aromatic N) is 2. The smallest absolute Gasteiger partial charge is 0.309 e. The molecule has 0 aliphatic rings. The van der Waals surface area contributed by atoms with Gasteiger partial charge in [-0.15, -0.1) is 26.3 Å². The maximum absolute atomic E-state index is 13.9. The average molecular weight is 1020 g/mol. The predicted molar refractivity (Wildman–Crippen MR) is 271 cm³/mol. The molecule has 0 saturated carbocycles. The molecular formula is C47H88N6O14Si2. The van der Waals surface area contributed by atoms with Crippen molar-refractivity contribution in [1.29, 1.82) is 0 Å². The van der Waals surface area contributed by atoms with Crippen LogP contribution in [0.15, 0.2) is 39.0 Å². The van der Waals surface area contributed by atoms with E-state index < -0.39 is 70.7 Å². The second-order valence-corrected chi connectivity index (χ2v) is 26.5. The van der Waals surface area contributed by atoms with Gasteiger partial charge in [-0.05, 0) is 82.9 Å². The molecule has 0 aromatic heterocycles. The van der Waals surface area contributed by atoms with Gasteiger partial charge < -0.3 is 59.6 Å². The minimum absolute atomic E-state index is 0.00384. The lowest BCUT2D eigenvalue weighted by molar-refractivity contribution is -0.152. The summed E-state index contributed by atoms with van der Waals surface area (Å²) in [6.45, 7) is 26.2. The van der Waals surface area contributed by atoms with Crippen LogP contribution in [-0.2, 0) is 56.7 Å². The van der Waals surface area contributed by atoms with Crippen molar-refractivity contribution in [2.24, 2.45) is 29.6 Å². The Labute approximate surface area is 414 Å². The van der Waals surface area contributed by atoms with E-state index in [1.807, 2.05) is 26.2 Å². The van der Waals surface area contributed by atoms with Crippen LogP contribution in [0.4, 0.5) is 0 Å². The highest BCUT2D eigenvalue weighted by Gasteiger charge is 2.34. The molecule has 0 aliphatic heterocycles. The van der Waals surface area contributed by atoms with E-state index >= 15 is 0 Å². The first kappa shape index (κ1) is 68.5. The number of nitrogens with one attached hydrogen (secondary N) is 4. The third-order valence-corrected chi connectivity index (χ3v) is 15.6. The summed E-state index contributed by atoms with van der Waals surface area (Å²) in [6, 6.07) is 1.31. The Bertz CT molecular complexity index is 1570. The van der Waals surface area contributed by atoms with Crippen molar-refractivity contribution in [3.8, 4) is 0 Å². The maximum Gasteiger partial charge on any atom is 0.309 e. The third kappa shape index (κ3) is 33.4. The molecule has 6 N–H and O–H groups in total. The zero-order chi connectivity index (χ0) is 53.8. The minimum Gasteiger partial charge on any atom is -0.463 e. The van der Waals surface area contributed by atoms with E-state index in [1.54, 1.807) is 42.0 Å². The molecule has 0 aromatic rings. The molecule has 6 amide bonds. The molecule has 0 fully saturated rings. The second kappa shape index (κ2) is 39.0. The van der Waals surface area contributed by atoms with Crippen molar-refractivity contribution >= 4 is 64.0 Å². The Balaban J connectivity index is -0.0000106. The van der Waals surface area contributed by atoms with Crippen molar-refractivity contribution in [3.63, 3.8) is 0 Å². The number of rotatable bonds is 35. The number of hydrogen-bond acceptors (Lipinski definition) is 14. The number of hydrogen-bond donors (Lipinski definition) is 6. The number of carbonyl (C=O) groups is 8. The molecule has 5 unspecified atom stereocenters. The van der Waals surface area contributed by atoms with E-state index in [9.17, 15) is 43.5 Å². The molecule has 0 heterocycles. The number of aliphatic hydroxyl groups excluding tert-OH is 2. The van der Waals surface area contributed by atoms with Gasteiger partial charge in [0.05, 0.1) is 19.1 Å². The molecular weight excluding hydrogens is 929 g/mol. The summed E-state index contributed by atoms with van der Waals surface area (Å²) in [5.41, 5.74) is 0. The summed E-state index contributed by atoms with van der Waals surface area (Å²) >= 11 is 0. The molecule has 5 atom stereocenters. The quantitative estimate of drug-likeness (QED) is 0.0133. The first-order valence-electron chi connectivity index (χ1n) is 23.4. The Hall–Kier alpha value is -4.75. The Morgan fingerprint density at radius 1 is 0.623 bits per heavy atom. The zero-order valence-corrected chi connectivity index (χ0v) is 45.4. The first-order valence-corrected chi connectivity index (χ1v) is 29.6. The molecule has 398 valence electrons. The van der Waals surface area contributed by atoms with Gasteiger partial charge in [-0.1, -0.05) is 20.4 Å². The van der Waals surface area contributed by atoms with Gasteiger partial charge in [-0.25, -0.2) is 0 Å². The number of amides is 6. The summed E-state index contributed by atoms with van der Waals surface area (Å²) in [7, 11) is 1.81. The highest BCUT2D eigenvalue weighted by atomic mass is 28.4. The van der Waals surface area contributed by atoms with Gasteiger partial charge in [0.2, 0.25) is 35.4 Å². The van der Waals surface area contributed by atoms with Crippen LogP contribution in [0, 0.1) is 29.6 Å². The molecule has 22 heteroatoms. The van der Waals surface area contributed by atoms with Crippen LogP contribution in [0.5, 0.6) is 0 Å². The van der Waals surface area contributed by atoms with E-state index in [1.165, 1.54) is 9.80 Å². The van der Waals surface area contributed by atoms with E-state index in [0.717, 1.165) is 6.08 Å². The second-order valence-electron chi connectivity index (χ2n) is 17.9. The van der Waals surface area contributed by atoms with Gasteiger partial charge in [0.15, 0.2) is 16.6 Å². The Morgan fingerprint density at radius 3 is 1.59 bits per heavy atom. The summed E-state index contributed by atoms with van der Waals surface area (Å²) in [4.78, 5) is 105. The zero-order valence-electron chi connectivity index (χ0n) is 43.4. The largest absolute Gasteiger partial charge is 0.463 e. The van der Waals surface area contributed by atoms with Crippen LogP contribution >= 0.6 is 0 Å².